The van der Waals surface area contributed by atoms with Crippen LogP contribution in [0.4, 0.5) is 5.82 Å². The van der Waals surface area contributed by atoms with Gasteiger partial charge in [-0.15, -0.1) is 0 Å². The number of carbonyl (C=O) groups excluding carboxylic acids is 1. The van der Waals surface area contributed by atoms with Crippen molar-refractivity contribution in [1.82, 2.24) is 19.7 Å². The average molecular weight is 413 g/mol. The molecule has 0 spiro atoms. The number of nitrogen functional groups attached to an aromatic ring is 1. The highest BCUT2D eigenvalue weighted by molar-refractivity contribution is 6.08. The lowest BCUT2D eigenvalue weighted by Crippen LogP contribution is -2.30. The molecule has 0 aliphatic carbocycles. The first-order valence-corrected chi connectivity index (χ1v) is 9.81. The zero-order valence-electron chi connectivity index (χ0n) is 17.1. The van der Waals surface area contributed by atoms with Gasteiger partial charge in [0.2, 0.25) is 0 Å². The summed E-state index contributed by atoms with van der Waals surface area (Å²) in [5.74, 6) is 0.300. The molecule has 0 saturated carbocycles. The van der Waals surface area contributed by atoms with E-state index in [1.54, 1.807) is 28.8 Å². The number of nitrogens with two attached hydrogens (primary N) is 2. The number of nitrogens with zero attached hydrogens (tertiary/aromatic N) is 4. The van der Waals surface area contributed by atoms with Crippen LogP contribution in [0, 0.1) is 5.41 Å². The van der Waals surface area contributed by atoms with Crippen molar-refractivity contribution in [3.63, 3.8) is 0 Å². The van der Waals surface area contributed by atoms with Crippen molar-refractivity contribution in [3.8, 4) is 0 Å². The SMILES string of the molecule is CN(CCn1cc2c(n1)c(N)nc1cc(C(N)=CC=N)ccc12)C(=O)c1ccccc1. The van der Waals surface area contributed by atoms with Crippen LogP contribution < -0.4 is 11.5 Å². The van der Waals surface area contributed by atoms with Gasteiger partial charge in [-0.05, 0) is 29.8 Å². The Kier molecular flexibility index (Phi) is 5.36. The molecule has 4 rings (SSSR count). The maximum Gasteiger partial charge on any atom is 0.253 e. The minimum Gasteiger partial charge on any atom is -0.398 e. The van der Waals surface area contributed by atoms with Gasteiger partial charge in [-0.2, -0.15) is 5.10 Å². The Morgan fingerprint density at radius 2 is 1.94 bits per heavy atom. The minimum absolute atomic E-state index is 0.0351. The molecule has 31 heavy (non-hydrogen) atoms. The number of benzene rings is 2. The molecule has 8 heteroatoms. The van der Waals surface area contributed by atoms with Crippen LogP contribution in [-0.2, 0) is 6.54 Å². The summed E-state index contributed by atoms with van der Waals surface area (Å²) < 4.78 is 1.79. The fraction of sp³-hybridized carbons (Fsp3) is 0.130. The highest BCUT2D eigenvalue weighted by atomic mass is 16.2. The van der Waals surface area contributed by atoms with E-state index in [1.165, 1.54) is 6.08 Å². The largest absolute Gasteiger partial charge is 0.398 e. The summed E-state index contributed by atoms with van der Waals surface area (Å²) in [7, 11) is 1.78. The molecule has 2 aromatic carbocycles. The molecule has 156 valence electrons. The molecule has 4 aromatic rings. The van der Waals surface area contributed by atoms with Gasteiger partial charge in [0.15, 0.2) is 5.82 Å². The van der Waals surface area contributed by atoms with Gasteiger partial charge in [0, 0.05) is 48.0 Å². The summed E-state index contributed by atoms with van der Waals surface area (Å²) in [6.07, 6.45) is 4.59. The molecule has 2 aromatic heterocycles. The number of amides is 1. The van der Waals surface area contributed by atoms with Crippen LogP contribution in [0.3, 0.4) is 0 Å². The number of pyridine rings is 1. The number of likely N-dealkylation sites (N-methyl/N-ethyl adjacent to an activating group) is 1. The van der Waals surface area contributed by atoms with Gasteiger partial charge in [0.05, 0.1) is 12.1 Å². The maximum absolute atomic E-state index is 12.5. The zero-order valence-corrected chi connectivity index (χ0v) is 17.1. The van der Waals surface area contributed by atoms with E-state index >= 15 is 0 Å². The van der Waals surface area contributed by atoms with Crippen molar-refractivity contribution in [1.29, 1.82) is 5.41 Å². The molecule has 5 N–H and O–H groups in total. The average Bonchev–Trinajstić information content (AvgIpc) is 3.22. The molecule has 0 aliphatic rings. The fourth-order valence-electron chi connectivity index (χ4n) is 3.48. The first-order chi connectivity index (χ1) is 15.0. The van der Waals surface area contributed by atoms with E-state index in [0.29, 0.717) is 41.2 Å². The molecule has 8 nitrogen and oxygen atoms in total. The Hall–Kier alpha value is -4.20. The maximum atomic E-state index is 12.5. The Morgan fingerprint density at radius 3 is 2.68 bits per heavy atom. The topological polar surface area (TPSA) is 127 Å². The lowest BCUT2D eigenvalue weighted by Gasteiger charge is -2.17. The van der Waals surface area contributed by atoms with Crippen molar-refractivity contribution in [3.05, 3.63) is 71.9 Å². The molecule has 2 heterocycles. The van der Waals surface area contributed by atoms with Gasteiger partial charge in [0.25, 0.3) is 5.91 Å². The van der Waals surface area contributed by atoms with E-state index < -0.39 is 0 Å². The number of carbonyl (C=O) groups is 1. The predicted molar refractivity (Wildman–Crippen MR) is 124 cm³/mol. The summed E-state index contributed by atoms with van der Waals surface area (Å²) >= 11 is 0. The number of allylic oxidation sites excluding steroid dienone is 1. The van der Waals surface area contributed by atoms with E-state index in [4.69, 9.17) is 16.9 Å². The summed E-state index contributed by atoms with van der Waals surface area (Å²) in [6.45, 7) is 1.03. The number of rotatable bonds is 6. The first kappa shape index (κ1) is 20.1. The lowest BCUT2D eigenvalue weighted by atomic mass is 10.1. The molecular formula is C23H23N7O. The van der Waals surface area contributed by atoms with Crippen molar-refractivity contribution in [2.45, 2.75) is 6.54 Å². The molecule has 0 aliphatic heterocycles. The zero-order chi connectivity index (χ0) is 22.0. The van der Waals surface area contributed by atoms with Gasteiger partial charge in [-0.1, -0.05) is 30.3 Å². The van der Waals surface area contributed by atoms with E-state index in [1.807, 2.05) is 42.6 Å². The van der Waals surface area contributed by atoms with E-state index in [0.717, 1.165) is 22.6 Å². The normalized spacial score (nSPS) is 11.7. The third-order valence-corrected chi connectivity index (χ3v) is 5.16. The number of aromatic nitrogens is 3. The highest BCUT2D eigenvalue weighted by Gasteiger charge is 2.14. The molecule has 1 amide bonds. The molecular weight excluding hydrogens is 390 g/mol. The summed E-state index contributed by atoms with van der Waals surface area (Å²) in [5, 5.41) is 13.6. The second kappa shape index (κ2) is 8.27. The number of nitrogens with one attached hydrogen (secondary N) is 1. The van der Waals surface area contributed by atoms with Crippen LogP contribution in [0.15, 0.2) is 60.8 Å². The Balaban J connectivity index is 1.60. The van der Waals surface area contributed by atoms with Crippen LogP contribution in [0.2, 0.25) is 0 Å². The first-order valence-electron chi connectivity index (χ1n) is 9.81. The molecule has 0 fully saturated rings. The van der Waals surface area contributed by atoms with Gasteiger partial charge >= 0.3 is 0 Å². The van der Waals surface area contributed by atoms with Gasteiger partial charge in [0.1, 0.15) is 5.52 Å². The monoisotopic (exact) mass is 413 g/mol. The Bertz CT molecular complexity index is 1310. The van der Waals surface area contributed by atoms with E-state index in [2.05, 4.69) is 10.1 Å². The van der Waals surface area contributed by atoms with Crippen molar-refractivity contribution in [2.24, 2.45) is 5.73 Å². The van der Waals surface area contributed by atoms with Crippen LogP contribution >= 0.6 is 0 Å². The Labute approximate surface area is 179 Å². The molecule has 0 unspecified atom stereocenters. The summed E-state index contributed by atoms with van der Waals surface area (Å²) in [6, 6.07) is 14.9. The molecule has 0 atom stereocenters. The third-order valence-electron chi connectivity index (χ3n) is 5.16. The summed E-state index contributed by atoms with van der Waals surface area (Å²) in [5.41, 5.74) is 15.4. The van der Waals surface area contributed by atoms with Crippen LogP contribution in [0.1, 0.15) is 15.9 Å². The fourth-order valence-corrected chi connectivity index (χ4v) is 3.48. The van der Waals surface area contributed by atoms with Crippen LogP contribution in [0.5, 0.6) is 0 Å². The number of anilines is 1. The van der Waals surface area contributed by atoms with Gasteiger partial charge in [-0.3, -0.25) is 9.48 Å². The van der Waals surface area contributed by atoms with Crippen molar-refractivity contribution < 1.29 is 4.79 Å². The van der Waals surface area contributed by atoms with Crippen LogP contribution in [-0.4, -0.2) is 45.4 Å². The van der Waals surface area contributed by atoms with Crippen LogP contribution in [0.25, 0.3) is 27.5 Å². The predicted octanol–water partition coefficient (Wildman–Crippen LogP) is 2.89. The van der Waals surface area contributed by atoms with Gasteiger partial charge < -0.3 is 21.8 Å². The number of fused-ring (bicyclic) bond motifs is 3. The summed E-state index contributed by atoms with van der Waals surface area (Å²) in [4.78, 5) is 18.7. The quantitative estimate of drug-likeness (QED) is 0.419. The minimum atomic E-state index is -0.0351. The second-order valence-electron chi connectivity index (χ2n) is 7.26. The third kappa shape index (κ3) is 3.95. The number of hydrogen-bond donors (Lipinski definition) is 3. The van der Waals surface area contributed by atoms with E-state index in [-0.39, 0.29) is 5.91 Å². The number of hydrogen-bond acceptors (Lipinski definition) is 6. The van der Waals surface area contributed by atoms with Crippen molar-refractivity contribution >= 4 is 45.4 Å². The van der Waals surface area contributed by atoms with E-state index in [9.17, 15) is 4.79 Å². The standard InChI is InChI=1S/C23H23N7O/c1-29(23(31)15-5-3-2-4-6-15)11-12-30-14-18-17-8-7-16(19(25)9-10-24)13-20(17)27-22(26)21(18)28-30/h2-10,13-14,24H,11-12,25H2,1H3,(H2,26,27). The second-order valence-corrected chi connectivity index (χ2v) is 7.26. The van der Waals surface area contributed by atoms with Crippen molar-refractivity contribution in [2.75, 3.05) is 19.3 Å². The molecule has 0 radical (unpaired) electrons. The smallest absolute Gasteiger partial charge is 0.253 e. The molecule has 0 saturated heterocycles. The highest BCUT2D eigenvalue weighted by Crippen LogP contribution is 2.28. The lowest BCUT2D eigenvalue weighted by molar-refractivity contribution is 0.0789. The molecule has 0 bridgehead atoms. The van der Waals surface area contributed by atoms with Gasteiger partial charge in [-0.25, -0.2) is 4.98 Å². The Morgan fingerprint density at radius 1 is 1.16 bits per heavy atom.